The minimum absolute atomic E-state index is 0.0454. The Labute approximate surface area is 124 Å². The second-order valence-electron chi connectivity index (χ2n) is 5.22. The molecule has 0 saturated heterocycles. The molecule has 0 radical (unpaired) electrons. The van der Waals surface area contributed by atoms with Crippen LogP contribution in [0.25, 0.3) is 10.9 Å². The molecule has 0 saturated carbocycles. The van der Waals surface area contributed by atoms with Crippen LogP contribution in [0.3, 0.4) is 0 Å². The van der Waals surface area contributed by atoms with Gasteiger partial charge >= 0.3 is 0 Å². The Morgan fingerprint density at radius 2 is 2.19 bits per heavy atom. The van der Waals surface area contributed by atoms with Gasteiger partial charge in [-0.1, -0.05) is 25.5 Å². The number of aliphatic hydroxyl groups is 1. The van der Waals surface area contributed by atoms with Crippen molar-refractivity contribution in [3.05, 3.63) is 30.0 Å². The van der Waals surface area contributed by atoms with E-state index >= 15 is 0 Å². The van der Waals surface area contributed by atoms with Gasteiger partial charge in [0, 0.05) is 12.0 Å². The second kappa shape index (κ2) is 6.55. The highest BCUT2D eigenvalue weighted by Crippen LogP contribution is 2.37. The molecule has 116 valence electrons. The van der Waals surface area contributed by atoms with Crippen molar-refractivity contribution in [1.82, 2.24) is 10.2 Å². The number of primary sulfonamides is 1. The van der Waals surface area contributed by atoms with Crippen molar-refractivity contribution in [3.8, 4) is 0 Å². The Morgan fingerprint density at radius 3 is 2.81 bits per heavy atom. The van der Waals surface area contributed by atoms with Gasteiger partial charge in [-0.05, 0) is 30.4 Å². The number of hydrogen-bond acceptors (Lipinski definition) is 4. The molecule has 1 heterocycles. The third kappa shape index (κ3) is 3.42. The molecule has 2 atom stereocenters. The predicted octanol–water partition coefficient (Wildman–Crippen LogP) is 1.69. The summed E-state index contributed by atoms with van der Waals surface area (Å²) in [5, 5.41) is 21.3. The molecule has 1 aromatic heterocycles. The number of sulfonamides is 1. The van der Waals surface area contributed by atoms with Crippen LogP contribution in [0.15, 0.2) is 24.4 Å². The van der Waals surface area contributed by atoms with Crippen LogP contribution in [-0.4, -0.2) is 30.3 Å². The summed E-state index contributed by atoms with van der Waals surface area (Å²) < 4.78 is 24.3. The number of rotatable bonds is 7. The number of hydrogen-bond donors (Lipinski definition) is 3. The van der Waals surface area contributed by atoms with Crippen molar-refractivity contribution in [2.45, 2.75) is 31.4 Å². The summed E-state index contributed by atoms with van der Waals surface area (Å²) in [6.07, 6.45) is 3.48. The molecule has 7 heteroatoms. The lowest BCUT2D eigenvalue weighted by molar-refractivity contribution is 0.267. The number of fused-ring (bicyclic) bond motifs is 1. The molecule has 0 amide bonds. The van der Waals surface area contributed by atoms with Crippen molar-refractivity contribution in [1.29, 1.82) is 0 Å². The standard InChI is InChI=1S/C14H21N3O3S/c1-2-10(5-4-8-18)14(21(15,19)20)11-6-3-7-13-12(11)9-16-17-13/h3,6-7,9-10,14,18H,2,4-5,8H2,1H3,(H,16,17)(H2,15,19,20). The molecule has 1 aromatic carbocycles. The highest BCUT2D eigenvalue weighted by atomic mass is 32.2. The Bertz CT molecular complexity index is 696. The summed E-state index contributed by atoms with van der Waals surface area (Å²) in [5.74, 6) is -0.132. The first-order valence-corrected chi connectivity index (χ1v) is 8.64. The smallest absolute Gasteiger partial charge is 0.216 e. The molecule has 0 spiro atoms. The van der Waals surface area contributed by atoms with Crippen LogP contribution >= 0.6 is 0 Å². The van der Waals surface area contributed by atoms with Gasteiger partial charge in [-0.3, -0.25) is 5.10 Å². The molecule has 0 aliphatic heterocycles. The Kier molecular flexibility index (Phi) is 4.97. The molecule has 0 bridgehead atoms. The van der Waals surface area contributed by atoms with Gasteiger partial charge in [0.25, 0.3) is 0 Å². The average Bonchev–Trinajstić information content (AvgIpc) is 2.90. The topological polar surface area (TPSA) is 109 Å². The zero-order valence-electron chi connectivity index (χ0n) is 12.0. The summed E-state index contributed by atoms with van der Waals surface area (Å²) in [5.41, 5.74) is 1.46. The molecule has 2 unspecified atom stereocenters. The van der Waals surface area contributed by atoms with Gasteiger partial charge in [-0.2, -0.15) is 5.10 Å². The zero-order chi connectivity index (χ0) is 15.5. The molecule has 4 N–H and O–H groups in total. The van der Waals surface area contributed by atoms with Crippen LogP contribution in [0.4, 0.5) is 0 Å². The number of nitrogens with two attached hydrogens (primary N) is 1. The lowest BCUT2D eigenvalue weighted by Crippen LogP contribution is -2.28. The van der Waals surface area contributed by atoms with Crippen LogP contribution < -0.4 is 5.14 Å². The fourth-order valence-corrected chi connectivity index (χ4v) is 4.29. The van der Waals surface area contributed by atoms with E-state index in [1.165, 1.54) is 0 Å². The molecule has 6 nitrogen and oxygen atoms in total. The number of aromatic amines is 1. The van der Waals surface area contributed by atoms with E-state index in [9.17, 15) is 8.42 Å². The number of nitrogens with zero attached hydrogens (tertiary/aromatic N) is 1. The number of aliphatic hydroxyl groups excluding tert-OH is 1. The van der Waals surface area contributed by atoms with Crippen molar-refractivity contribution < 1.29 is 13.5 Å². The Hall–Kier alpha value is -1.44. The van der Waals surface area contributed by atoms with Gasteiger partial charge in [0.05, 0.1) is 11.7 Å². The quantitative estimate of drug-likeness (QED) is 0.722. The Balaban J connectivity index is 2.52. The fraction of sp³-hybridized carbons (Fsp3) is 0.500. The Morgan fingerprint density at radius 1 is 1.43 bits per heavy atom. The molecule has 0 fully saturated rings. The van der Waals surface area contributed by atoms with Crippen LogP contribution in [0.2, 0.25) is 0 Å². The van der Waals surface area contributed by atoms with Crippen molar-refractivity contribution in [2.24, 2.45) is 11.1 Å². The lowest BCUT2D eigenvalue weighted by atomic mass is 9.90. The number of H-pyrrole nitrogens is 1. The van der Waals surface area contributed by atoms with Crippen LogP contribution in [0.5, 0.6) is 0 Å². The zero-order valence-corrected chi connectivity index (χ0v) is 12.8. The largest absolute Gasteiger partial charge is 0.396 e. The number of aromatic nitrogens is 2. The van der Waals surface area contributed by atoms with E-state index in [4.69, 9.17) is 10.2 Å². The molecule has 2 aromatic rings. The van der Waals surface area contributed by atoms with Gasteiger partial charge < -0.3 is 5.11 Å². The molecular weight excluding hydrogens is 290 g/mol. The highest BCUT2D eigenvalue weighted by molar-refractivity contribution is 7.89. The van der Waals surface area contributed by atoms with Gasteiger partial charge in [0.1, 0.15) is 5.25 Å². The van der Waals surface area contributed by atoms with E-state index in [-0.39, 0.29) is 12.5 Å². The minimum atomic E-state index is -3.75. The first kappa shape index (κ1) is 15.9. The number of benzene rings is 1. The second-order valence-corrected chi connectivity index (χ2v) is 6.91. The third-order valence-corrected chi connectivity index (χ3v) is 5.21. The SMILES string of the molecule is CCC(CCCO)C(c1cccc2[nH]ncc12)S(N)(=O)=O. The monoisotopic (exact) mass is 311 g/mol. The van der Waals surface area contributed by atoms with E-state index in [0.717, 1.165) is 10.9 Å². The van der Waals surface area contributed by atoms with Gasteiger partial charge in [0.2, 0.25) is 10.0 Å². The van der Waals surface area contributed by atoms with Gasteiger partial charge in [-0.15, -0.1) is 0 Å². The summed E-state index contributed by atoms with van der Waals surface area (Å²) in [4.78, 5) is 0. The van der Waals surface area contributed by atoms with E-state index in [2.05, 4.69) is 10.2 Å². The molecule has 2 rings (SSSR count). The van der Waals surface area contributed by atoms with Crippen molar-refractivity contribution in [2.75, 3.05) is 6.61 Å². The van der Waals surface area contributed by atoms with Gasteiger partial charge in [-0.25, -0.2) is 13.6 Å². The maximum Gasteiger partial charge on any atom is 0.216 e. The van der Waals surface area contributed by atoms with Crippen LogP contribution in [0, 0.1) is 5.92 Å². The van der Waals surface area contributed by atoms with E-state index in [0.29, 0.717) is 24.8 Å². The summed E-state index contributed by atoms with van der Waals surface area (Å²) in [7, 11) is -3.75. The van der Waals surface area contributed by atoms with Crippen molar-refractivity contribution in [3.63, 3.8) is 0 Å². The first-order valence-electron chi connectivity index (χ1n) is 7.03. The normalized spacial score (nSPS) is 15.2. The first-order chi connectivity index (χ1) is 9.99. The van der Waals surface area contributed by atoms with Crippen LogP contribution in [0.1, 0.15) is 37.0 Å². The maximum absolute atomic E-state index is 12.1. The average molecular weight is 311 g/mol. The number of nitrogens with one attached hydrogen (secondary N) is 1. The van der Waals surface area contributed by atoms with Crippen molar-refractivity contribution >= 4 is 20.9 Å². The summed E-state index contributed by atoms with van der Waals surface area (Å²) in [6.45, 7) is 1.99. The molecule has 0 aliphatic rings. The van der Waals surface area contributed by atoms with E-state index in [1.807, 2.05) is 13.0 Å². The third-order valence-electron chi connectivity index (χ3n) is 3.86. The van der Waals surface area contributed by atoms with Gasteiger partial charge in [0.15, 0.2) is 0 Å². The van der Waals surface area contributed by atoms with Crippen LogP contribution in [-0.2, 0) is 10.0 Å². The maximum atomic E-state index is 12.1. The molecule has 21 heavy (non-hydrogen) atoms. The molecular formula is C14H21N3O3S. The minimum Gasteiger partial charge on any atom is -0.396 e. The molecule has 0 aliphatic carbocycles. The summed E-state index contributed by atoms with van der Waals surface area (Å²) >= 11 is 0. The lowest BCUT2D eigenvalue weighted by Gasteiger charge is -2.25. The summed E-state index contributed by atoms with van der Waals surface area (Å²) in [6, 6.07) is 5.43. The van der Waals surface area contributed by atoms with E-state index in [1.54, 1.807) is 18.3 Å². The fourth-order valence-electron chi connectivity index (χ4n) is 2.86. The van der Waals surface area contributed by atoms with E-state index < -0.39 is 15.3 Å². The predicted molar refractivity (Wildman–Crippen MR) is 82.0 cm³/mol. The highest BCUT2D eigenvalue weighted by Gasteiger charge is 2.32.